The SMILES string of the molecule is O=C1[C@H]2[C@H](CC=C3[C@H]2C[C@H]2C(=O)N(c4cccc(B(O)O)c4)C(=O)[C@H]2[C@H]3c2ccc(O)c3ccccc23)C(=O)N1c1cccc(B(O)O)c1. The molecule has 0 spiro atoms. The maximum Gasteiger partial charge on any atom is 0.488 e. The number of phenols is 1. The van der Waals surface area contributed by atoms with E-state index in [0.717, 1.165) is 15.4 Å². The summed E-state index contributed by atoms with van der Waals surface area (Å²) in [5.74, 6) is -6.29. The quantitative estimate of drug-likeness (QED) is 0.119. The Morgan fingerprint density at radius 1 is 0.592 bits per heavy atom. The molecule has 0 unspecified atom stereocenters. The minimum Gasteiger partial charge on any atom is -0.507 e. The van der Waals surface area contributed by atoms with Crippen molar-refractivity contribution in [3.05, 3.63) is 102 Å². The summed E-state index contributed by atoms with van der Waals surface area (Å²) < 4.78 is 0. The van der Waals surface area contributed by atoms with E-state index >= 15 is 0 Å². The summed E-state index contributed by atoms with van der Waals surface area (Å²) >= 11 is 0. The summed E-state index contributed by atoms with van der Waals surface area (Å²) in [5.41, 5.74) is 2.14. The summed E-state index contributed by atoms with van der Waals surface area (Å²) in [5, 5.41) is 51.1. The Balaban J connectivity index is 1.27. The summed E-state index contributed by atoms with van der Waals surface area (Å²) in [6.45, 7) is 0. The van der Waals surface area contributed by atoms with Gasteiger partial charge in [0.15, 0.2) is 0 Å². The molecule has 0 aromatic heterocycles. The number of amides is 4. The van der Waals surface area contributed by atoms with Crippen molar-refractivity contribution in [1.29, 1.82) is 0 Å². The van der Waals surface area contributed by atoms with Gasteiger partial charge in [0.1, 0.15) is 5.75 Å². The van der Waals surface area contributed by atoms with E-state index in [0.29, 0.717) is 16.3 Å². The second-order valence-electron chi connectivity index (χ2n) is 13.2. The molecule has 6 atom stereocenters. The zero-order chi connectivity index (χ0) is 34.3. The molecule has 1 saturated carbocycles. The van der Waals surface area contributed by atoms with Crippen LogP contribution in [0, 0.1) is 29.6 Å². The number of nitrogens with zero attached hydrogens (tertiary/aromatic N) is 2. The number of imide groups is 2. The van der Waals surface area contributed by atoms with Crippen LogP contribution < -0.4 is 20.7 Å². The molecule has 2 aliphatic heterocycles. The summed E-state index contributed by atoms with van der Waals surface area (Å²) in [4.78, 5) is 59.2. The summed E-state index contributed by atoms with van der Waals surface area (Å²) in [6, 6.07) is 22.4. The van der Waals surface area contributed by atoms with Crippen LogP contribution in [-0.4, -0.2) is 63.1 Å². The first-order valence-electron chi connectivity index (χ1n) is 16.1. The Morgan fingerprint density at radius 2 is 1.16 bits per heavy atom. The Labute approximate surface area is 281 Å². The molecule has 244 valence electrons. The Bertz CT molecular complexity index is 2120. The Kier molecular flexibility index (Phi) is 7.34. The van der Waals surface area contributed by atoms with Crippen molar-refractivity contribution in [3.8, 4) is 5.75 Å². The number of allylic oxidation sites excluding steroid dienone is 2. The highest BCUT2D eigenvalue weighted by Crippen LogP contribution is 2.59. The standard InChI is InChI=1S/C36H30B2N2O9/c41-29-14-13-24(22-9-1-2-10-23(22)29)30-25-11-12-26-31(35(44)39(33(26)42)20-7-3-5-18(15-20)37(46)47)27(25)17-28-32(30)36(45)40(34(28)43)21-8-4-6-19(16-21)38(48)49/h1-11,13-16,26-28,30-32,41,46-49H,12,17H2/t26-,27+,28+,30-,31-,32+/m0/s1. The molecule has 5 N–H and O–H groups in total. The molecule has 3 fully saturated rings. The lowest BCUT2D eigenvalue weighted by Crippen LogP contribution is -2.43. The zero-order valence-corrected chi connectivity index (χ0v) is 26.0. The number of rotatable bonds is 5. The van der Waals surface area contributed by atoms with Crippen LogP contribution in [0.15, 0.2) is 96.6 Å². The first kappa shape index (κ1) is 31.2. The molecule has 2 heterocycles. The lowest BCUT2D eigenvalue weighted by atomic mass is 9.57. The fraction of sp³-hybridized carbons (Fsp3) is 0.222. The van der Waals surface area contributed by atoms with Gasteiger partial charge < -0.3 is 25.2 Å². The Hall–Kier alpha value is -5.07. The van der Waals surface area contributed by atoms with Crippen molar-refractivity contribution < 1.29 is 44.4 Å². The minimum absolute atomic E-state index is 0.0539. The maximum atomic E-state index is 14.5. The third-order valence-corrected chi connectivity index (χ3v) is 10.8. The van der Waals surface area contributed by atoms with Gasteiger partial charge in [0.05, 0.1) is 35.0 Å². The van der Waals surface area contributed by atoms with Crippen LogP contribution in [0.25, 0.3) is 10.8 Å². The van der Waals surface area contributed by atoms with E-state index in [9.17, 15) is 44.4 Å². The molecule has 2 saturated heterocycles. The second-order valence-corrected chi connectivity index (χ2v) is 13.2. The van der Waals surface area contributed by atoms with E-state index in [1.54, 1.807) is 36.4 Å². The number of hydrogen-bond acceptors (Lipinski definition) is 9. The number of aromatic hydroxyl groups is 1. The van der Waals surface area contributed by atoms with Crippen LogP contribution in [0.3, 0.4) is 0 Å². The fourth-order valence-corrected chi connectivity index (χ4v) is 8.67. The predicted molar refractivity (Wildman–Crippen MR) is 181 cm³/mol. The van der Waals surface area contributed by atoms with E-state index in [4.69, 9.17) is 0 Å². The third-order valence-electron chi connectivity index (χ3n) is 10.8. The van der Waals surface area contributed by atoms with E-state index in [-0.39, 0.29) is 40.9 Å². The zero-order valence-electron chi connectivity index (χ0n) is 26.0. The maximum absolute atomic E-state index is 14.5. The van der Waals surface area contributed by atoms with Gasteiger partial charge >= 0.3 is 14.2 Å². The van der Waals surface area contributed by atoms with Gasteiger partial charge in [-0.25, -0.2) is 0 Å². The van der Waals surface area contributed by atoms with E-state index < -0.39 is 73.4 Å². The van der Waals surface area contributed by atoms with Gasteiger partial charge in [-0.2, -0.15) is 0 Å². The molecule has 2 aliphatic carbocycles. The Morgan fingerprint density at radius 3 is 1.78 bits per heavy atom. The molecule has 4 aromatic rings. The van der Waals surface area contributed by atoms with E-state index in [1.807, 2.05) is 18.2 Å². The highest BCUT2D eigenvalue weighted by molar-refractivity contribution is 6.59. The molecule has 4 aliphatic rings. The van der Waals surface area contributed by atoms with Gasteiger partial charge in [0.2, 0.25) is 23.6 Å². The highest BCUT2D eigenvalue weighted by Gasteiger charge is 2.62. The first-order valence-corrected chi connectivity index (χ1v) is 16.1. The van der Waals surface area contributed by atoms with Crippen LogP contribution in [0.1, 0.15) is 24.3 Å². The predicted octanol–water partition coefficient (Wildman–Crippen LogP) is 0.950. The van der Waals surface area contributed by atoms with Gasteiger partial charge in [-0.3, -0.25) is 29.0 Å². The van der Waals surface area contributed by atoms with Crippen LogP contribution >= 0.6 is 0 Å². The van der Waals surface area contributed by atoms with E-state index in [1.165, 1.54) is 36.4 Å². The first-order chi connectivity index (χ1) is 23.6. The fourth-order valence-electron chi connectivity index (χ4n) is 8.67. The normalized spacial score (nSPS) is 26.1. The van der Waals surface area contributed by atoms with Crippen molar-refractivity contribution in [2.45, 2.75) is 18.8 Å². The van der Waals surface area contributed by atoms with Gasteiger partial charge in [-0.05, 0) is 71.0 Å². The molecule has 0 bridgehead atoms. The molecule has 8 rings (SSSR count). The second kappa shape index (κ2) is 11.5. The molecule has 4 amide bonds. The van der Waals surface area contributed by atoms with Gasteiger partial charge in [0.25, 0.3) is 0 Å². The molecule has 11 nitrogen and oxygen atoms in total. The average molecular weight is 656 g/mol. The van der Waals surface area contributed by atoms with E-state index in [2.05, 4.69) is 0 Å². The van der Waals surface area contributed by atoms with Crippen LogP contribution in [-0.2, 0) is 19.2 Å². The van der Waals surface area contributed by atoms with Crippen molar-refractivity contribution in [2.75, 3.05) is 9.80 Å². The summed E-state index contributed by atoms with van der Waals surface area (Å²) in [7, 11) is -3.61. The number of anilines is 2. The van der Waals surface area contributed by atoms with Crippen molar-refractivity contribution in [3.63, 3.8) is 0 Å². The number of hydrogen-bond donors (Lipinski definition) is 5. The van der Waals surface area contributed by atoms with Crippen molar-refractivity contribution in [2.24, 2.45) is 29.6 Å². The van der Waals surface area contributed by atoms with Crippen molar-refractivity contribution in [1.82, 2.24) is 0 Å². The van der Waals surface area contributed by atoms with Gasteiger partial charge in [-0.1, -0.05) is 66.2 Å². The highest BCUT2D eigenvalue weighted by atomic mass is 16.4. The van der Waals surface area contributed by atoms with Crippen LogP contribution in [0.4, 0.5) is 11.4 Å². The largest absolute Gasteiger partial charge is 0.507 e. The van der Waals surface area contributed by atoms with Crippen LogP contribution in [0.2, 0.25) is 0 Å². The molecule has 0 radical (unpaired) electrons. The molecule has 4 aromatic carbocycles. The number of phenolic OH excluding ortho intramolecular Hbond substituents is 1. The van der Waals surface area contributed by atoms with Crippen LogP contribution in [0.5, 0.6) is 5.75 Å². The minimum atomic E-state index is -1.81. The topological polar surface area (TPSA) is 176 Å². The summed E-state index contributed by atoms with van der Waals surface area (Å²) in [6.07, 6.45) is 2.29. The average Bonchev–Trinajstić information content (AvgIpc) is 3.51. The molecule has 13 heteroatoms. The molecular formula is C36H30B2N2O9. The molecule has 49 heavy (non-hydrogen) atoms. The lowest BCUT2D eigenvalue weighted by Gasteiger charge is -2.44. The molecular weight excluding hydrogens is 626 g/mol. The number of benzene rings is 4. The van der Waals surface area contributed by atoms with Gasteiger partial charge in [-0.15, -0.1) is 0 Å². The monoisotopic (exact) mass is 656 g/mol. The van der Waals surface area contributed by atoms with Crippen molar-refractivity contribution >= 4 is 70.9 Å². The third kappa shape index (κ3) is 4.68. The lowest BCUT2D eigenvalue weighted by molar-refractivity contribution is -0.126. The van der Waals surface area contributed by atoms with Gasteiger partial charge in [0, 0.05) is 11.3 Å². The number of carbonyl (C=O) groups is 4. The smallest absolute Gasteiger partial charge is 0.488 e. The number of carbonyl (C=O) groups excluding carboxylic acids is 4. The number of fused-ring (bicyclic) bond motifs is 5.